The van der Waals surface area contributed by atoms with Gasteiger partial charge < -0.3 is 12.0 Å². The maximum Gasteiger partial charge on any atom is 2.00 e. The summed E-state index contributed by atoms with van der Waals surface area (Å²) in [6, 6.07) is 3.07. The van der Waals surface area contributed by atoms with Crippen molar-refractivity contribution >= 4 is 0 Å². The topological polar surface area (TPSA) is 67.8 Å². The standard InChI is InChI=1S/C4H3N2O.C2H5.W/c5-1-4(2-6)3-7;1-2;/h3-4,7H;1H2,2H3;/q2*-1;+2. The van der Waals surface area contributed by atoms with E-state index >= 15 is 0 Å². The molecule has 0 aliphatic heterocycles. The number of rotatable bonds is 1. The summed E-state index contributed by atoms with van der Waals surface area (Å²) in [5.74, 6) is -0.972. The maximum absolute atomic E-state index is 7.96. The second kappa shape index (κ2) is 15.8. The zero-order chi connectivity index (χ0) is 7.70. The van der Waals surface area contributed by atoms with Gasteiger partial charge in [0, 0.05) is 18.1 Å². The minimum atomic E-state index is -0.972. The molecule has 4 heteroatoms. The van der Waals surface area contributed by atoms with Crippen molar-refractivity contribution in [1.29, 1.82) is 10.5 Å². The van der Waals surface area contributed by atoms with Gasteiger partial charge in [0.05, 0.1) is 0 Å². The fourth-order valence-electron chi connectivity index (χ4n) is 0.0955. The van der Waals surface area contributed by atoms with Crippen LogP contribution < -0.4 is 0 Å². The van der Waals surface area contributed by atoms with E-state index in [0.29, 0.717) is 6.61 Å². The molecule has 0 saturated heterocycles. The second-order valence-corrected chi connectivity index (χ2v) is 0.885. The molecule has 0 heterocycles. The second-order valence-electron chi connectivity index (χ2n) is 0.885. The van der Waals surface area contributed by atoms with Crippen LogP contribution in [-0.2, 0) is 21.1 Å². The molecule has 0 aromatic carbocycles. The molecule has 3 nitrogen and oxygen atoms in total. The van der Waals surface area contributed by atoms with Crippen LogP contribution in [0.5, 0.6) is 0 Å². The van der Waals surface area contributed by atoms with Gasteiger partial charge in [-0.25, -0.2) is 0 Å². The smallest absolute Gasteiger partial charge is 0.564 e. The third-order valence-corrected chi connectivity index (χ3v) is 0.427. The number of aliphatic hydroxyl groups excluding tert-OH is 1. The van der Waals surface area contributed by atoms with Crippen LogP contribution in [0, 0.1) is 42.1 Å². The molecule has 0 aliphatic carbocycles. The summed E-state index contributed by atoms with van der Waals surface area (Å²) < 4.78 is 0. The fraction of sp³-hybridized carbons (Fsp3) is 0.333. The first-order valence-electron chi connectivity index (χ1n) is 2.32. The summed E-state index contributed by atoms with van der Waals surface area (Å²) in [5, 5.41) is 23.7. The van der Waals surface area contributed by atoms with Crippen molar-refractivity contribution < 1.29 is 26.2 Å². The van der Waals surface area contributed by atoms with E-state index in [1.54, 1.807) is 6.92 Å². The van der Waals surface area contributed by atoms with Crippen molar-refractivity contribution in [2.24, 2.45) is 5.92 Å². The van der Waals surface area contributed by atoms with Gasteiger partial charge in [0.2, 0.25) is 0 Å². The van der Waals surface area contributed by atoms with Crippen LogP contribution in [0.3, 0.4) is 0 Å². The van der Waals surface area contributed by atoms with Gasteiger partial charge in [-0.05, 0) is 0 Å². The molecular formula is C6H8N2OW. The Morgan fingerprint density at radius 1 is 1.40 bits per heavy atom. The van der Waals surface area contributed by atoms with Crippen LogP contribution in [0.15, 0.2) is 0 Å². The number of aliphatic hydroxyl groups is 1. The summed E-state index contributed by atoms with van der Waals surface area (Å²) in [5.41, 5.74) is 0. The largest absolute Gasteiger partial charge is 2.00 e. The normalized spacial score (nSPS) is 5.80. The van der Waals surface area contributed by atoms with Gasteiger partial charge >= 0.3 is 21.1 Å². The molecular weight excluding hydrogens is 300 g/mol. The number of hydrogen-bond acceptors (Lipinski definition) is 3. The Bertz CT molecular complexity index is 111. The van der Waals surface area contributed by atoms with E-state index < -0.39 is 5.92 Å². The number of nitrogens with zero attached hydrogens (tertiary/aromatic N) is 2. The Labute approximate surface area is 75.5 Å². The van der Waals surface area contributed by atoms with E-state index in [1.165, 1.54) is 12.1 Å². The number of nitriles is 2. The monoisotopic (exact) mass is 308 g/mol. The third kappa shape index (κ3) is 10.6. The average Bonchev–Trinajstić information content (AvgIpc) is 1.96. The summed E-state index contributed by atoms with van der Waals surface area (Å²) in [7, 11) is 0. The Kier molecular flexibility index (Phi) is 25.9. The van der Waals surface area contributed by atoms with Crippen LogP contribution >= 0.6 is 0 Å². The van der Waals surface area contributed by atoms with Gasteiger partial charge in [0.15, 0.2) is 0 Å². The summed E-state index contributed by atoms with van der Waals surface area (Å²) >= 11 is 0. The first kappa shape index (κ1) is 16.3. The zero-order valence-electron chi connectivity index (χ0n) is 5.61. The Morgan fingerprint density at radius 3 is 1.70 bits per heavy atom. The van der Waals surface area contributed by atoms with Gasteiger partial charge in [-0.1, -0.05) is 0 Å². The van der Waals surface area contributed by atoms with Gasteiger partial charge in [-0.2, -0.15) is 24.1 Å². The summed E-state index contributed by atoms with van der Waals surface area (Å²) in [6.45, 7) is 5.56. The minimum Gasteiger partial charge on any atom is -0.564 e. The van der Waals surface area contributed by atoms with Gasteiger partial charge in [-0.15, -0.1) is 0 Å². The van der Waals surface area contributed by atoms with Crippen LogP contribution in [0.2, 0.25) is 0 Å². The molecule has 0 aromatic rings. The minimum absolute atomic E-state index is 0. The van der Waals surface area contributed by atoms with Crippen molar-refractivity contribution in [1.82, 2.24) is 0 Å². The number of hydrogen-bond donors (Lipinski definition) is 1. The van der Waals surface area contributed by atoms with E-state index in [2.05, 4.69) is 6.92 Å². The molecule has 0 amide bonds. The molecule has 0 spiro atoms. The van der Waals surface area contributed by atoms with Crippen molar-refractivity contribution in [3.8, 4) is 12.1 Å². The molecule has 1 N–H and O–H groups in total. The SMILES string of the molecule is N#CC(C#N)[CH-]O.[CH2-]C.[W+2]. The molecule has 0 atom stereocenters. The zero-order valence-corrected chi connectivity index (χ0v) is 8.55. The van der Waals surface area contributed by atoms with Gasteiger partial charge in [0.1, 0.15) is 0 Å². The first-order valence-corrected chi connectivity index (χ1v) is 2.32. The third-order valence-electron chi connectivity index (χ3n) is 0.427. The first-order chi connectivity index (χ1) is 4.35. The summed E-state index contributed by atoms with van der Waals surface area (Å²) in [6.07, 6.45) is 0. The van der Waals surface area contributed by atoms with E-state index in [-0.39, 0.29) is 21.1 Å². The van der Waals surface area contributed by atoms with Crippen molar-refractivity contribution in [2.75, 3.05) is 0 Å². The Balaban J connectivity index is -0.000000149. The maximum atomic E-state index is 7.96. The molecule has 0 rings (SSSR count). The van der Waals surface area contributed by atoms with Crippen molar-refractivity contribution in [2.45, 2.75) is 6.92 Å². The molecule has 0 radical (unpaired) electrons. The van der Waals surface area contributed by atoms with Gasteiger partial charge in [-0.3, -0.25) is 0 Å². The van der Waals surface area contributed by atoms with Crippen molar-refractivity contribution in [3.05, 3.63) is 13.5 Å². The van der Waals surface area contributed by atoms with Gasteiger partial charge in [0.25, 0.3) is 0 Å². The van der Waals surface area contributed by atoms with E-state index in [1.807, 2.05) is 0 Å². The van der Waals surface area contributed by atoms with Crippen LogP contribution in [0.1, 0.15) is 6.92 Å². The average molecular weight is 308 g/mol. The predicted molar refractivity (Wildman–Crippen MR) is 32.0 cm³/mol. The van der Waals surface area contributed by atoms with Crippen LogP contribution in [0.25, 0.3) is 0 Å². The summed E-state index contributed by atoms with van der Waals surface area (Å²) in [4.78, 5) is 0. The van der Waals surface area contributed by atoms with Crippen LogP contribution in [0.4, 0.5) is 0 Å². The molecule has 0 saturated carbocycles. The molecule has 0 aliphatic rings. The molecule has 0 aromatic heterocycles. The van der Waals surface area contributed by atoms with Crippen molar-refractivity contribution in [3.63, 3.8) is 0 Å². The molecule has 54 valence electrons. The Hall–Kier alpha value is -0.372. The predicted octanol–water partition coefficient (Wildman–Crippen LogP) is 1.02. The quantitative estimate of drug-likeness (QED) is 0.736. The molecule has 0 unspecified atom stereocenters. The Morgan fingerprint density at radius 2 is 1.70 bits per heavy atom. The van der Waals surface area contributed by atoms with E-state index in [9.17, 15) is 0 Å². The molecule has 10 heavy (non-hydrogen) atoms. The van der Waals surface area contributed by atoms with E-state index in [4.69, 9.17) is 15.6 Å². The molecule has 0 fully saturated rings. The van der Waals surface area contributed by atoms with E-state index in [0.717, 1.165) is 0 Å². The fourth-order valence-corrected chi connectivity index (χ4v) is 0.0955. The molecule has 0 bridgehead atoms. The van der Waals surface area contributed by atoms with Crippen LogP contribution in [-0.4, -0.2) is 5.11 Å².